The SMILES string of the molecule is CCCn1nccc1-c1ccc2c(c1)N(Cc1c[nH]cn1)CC2. The molecule has 3 heterocycles. The average Bonchev–Trinajstić information content (AvgIpc) is 3.29. The Labute approximate surface area is 136 Å². The number of anilines is 1. The monoisotopic (exact) mass is 307 g/mol. The summed E-state index contributed by atoms with van der Waals surface area (Å²) in [6.45, 7) is 5.05. The van der Waals surface area contributed by atoms with Crippen LogP contribution >= 0.6 is 0 Å². The maximum absolute atomic E-state index is 4.44. The van der Waals surface area contributed by atoms with Crippen LogP contribution in [0.2, 0.25) is 0 Å². The zero-order valence-corrected chi connectivity index (χ0v) is 13.4. The first-order valence-corrected chi connectivity index (χ1v) is 8.23. The minimum Gasteiger partial charge on any atom is -0.365 e. The topological polar surface area (TPSA) is 49.7 Å². The first kappa shape index (κ1) is 14.1. The number of hydrogen-bond donors (Lipinski definition) is 1. The summed E-state index contributed by atoms with van der Waals surface area (Å²) in [5.74, 6) is 0. The van der Waals surface area contributed by atoms with Crippen molar-refractivity contribution in [1.29, 1.82) is 0 Å². The third kappa shape index (κ3) is 2.63. The van der Waals surface area contributed by atoms with Crippen LogP contribution in [0.25, 0.3) is 11.3 Å². The van der Waals surface area contributed by atoms with Crippen molar-refractivity contribution in [3.63, 3.8) is 0 Å². The van der Waals surface area contributed by atoms with Crippen molar-refractivity contribution in [2.45, 2.75) is 32.9 Å². The Hall–Kier alpha value is -2.56. The molecule has 118 valence electrons. The summed E-state index contributed by atoms with van der Waals surface area (Å²) in [5, 5.41) is 4.44. The van der Waals surface area contributed by atoms with E-state index in [1.54, 1.807) is 6.33 Å². The summed E-state index contributed by atoms with van der Waals surface area (Å²) in [6.07, 6.45) is 7.79. The van der Waals surface area contributed by atoms with Crippen LogP contribution in [0.1, 0.15) is 24.6 Å². The van der Waals surface area contributed by atoms with E-state index < -0.39 is 0 Å². The Kier molecular flexibility index (Phi) is 3.61. The Balaban J connectivity index is 1.66. The second-order valence-corrected chi connectivity index (χ2v) is 6.02. The van der Waals surface area contributed by atoms with Gasteiger partial charge in [0.05, 0.1) is 24.3 Å². The Morgan fingerprint density at radius 1 is 1.26 bits per heavy atom. The largest absolute Gasteiger partial charge is 0.365 e. The summed E-state index contributed by atoms with van der Waals surface area (Å²) < 4.78 is 2.09. The van der Waals surface area contributed by atoms with Gasteiger partial charge in [-0.2, -0.15) is 5.10 Å². The van der Waals surface area contributed by atoms with E-state index in [-0.39, 0.29) is 0 Å². The molecule has 1 aliphatic heterocycles. The van der Waals surface area contributed by atoms with Crippen LogP contribution in [-0.4, -0.2) is 26.3 Å². The van der Waals surface area contributed by atoms with Crippen molar-refractivity contribution in [3.05, 3.63) is 54.2 Å². The van der Waals surface area contributed by atoms with Gasteiger partial charge in [0.1, 0.15) is 0 Å². The second-order valence-electron chi connectivity index (χ2n) is 6.02. The van der Waals surface area contributed by atoms with Crippen LogP contribution in [-0.2, 0) is 19.5 Å². The molecule has 5 heteroatoms. The zero-order chi connectivity index (χ0) is 15.6. The number of aryl methyl sites for hydroxylation is 1. The van der Waals surface area contributed by atoms with Gasteiger partial charge in [-0.25, -0.2) is 4.98 Å². The highest BCUT2D eigenvalue weighted by atomic mass is 15.3. The fraction of sp³-hybridized carbons (Fsp3) is 0.333. The Bertz CT molecular complexity index is 788. The molecule has 2 aromatic heterocycles. The quantitative estimate of drug-likeness (QED) is 0.787. The number of nitrogens with zero attached hydrogens (tertiary/aromatic N) is 4. The van der Waals surface area contributed by atoms with Gasteiger partial charge in [0, 0.05) is 36.7 Å². The van der Waals surface area contributed by atoms with Gasteiger partial charge < -0.3 is 9.88 Å². The molecule has 0 bridgehead atoms. The van der Waals surface area contributed by atoms with Gasteiger partial charge in [0.25, 0.3) is 0 Å². The van der Waals surface area contributed by atoms with Gasteiger partial charge in [0.15, 0.2) is 0 Å². The maximum Gasteiger partial charge on any atom is 0.0923 e. The highest BCUT2D eigenvalue weighted by Crippen LogP contribution is 2.33. The van der Waals surface area contributed by atoms with Gasteiger partial charge in [-0.05, 0) is 30.5 Å². The lowest BCUT2D eigenvalue weighted by Gasteiger charge is -2.19. The molecule has 0 radical (unpaired) electrons. The first-order chi connectivity index (χ1) is 11.3. The maximum atomic E-state index is 4.44. The molecular weight excluding hydrogens is 286 g/mol. The first-order valence-electron chi connectivity index (χ1n) is 8.23. The highest BCUT2D eigenvalue weighted by molar-refractivity contribution is 5.70. The van der Waals surface area contributed by atoms with Crippen molar-refractivity contribution >= 4 is 5.69 Å². The number of H-pyrrole nitrogens is 1. The van der Waals surface area contributed by atoms with E-state index in [4.69, 9.17) is 0 Å². The molecule has 0 amide bonds. The average molecular weight is 307 g/mol. The van der Waals surface area contributed by atoms with E-state index in [9.17, 15) is 0 Å². The number of hydrogen-bond acceptors (Lipinski definition) is 3. The number of nitrogens with one attached hydrogen (secondary N) is 1. The molecule has 0 fully saturated rings. The van der Waals surface area contributed by atoms with Crippen molar-refractivity contribution in [2.24, 2.45) is 0 Å². The molecule has 1 N–H and O–H groups in total. The van der Waals surface area contributed by atoms with Crippen molar-refractivity contribution in [2.75, 3.05) is 11.4 Å². The van der Waals surface area contributed by atoms with Crippen LogP contribution in [0.4, 0.5) is 5.69 Å². The number of rotatable bonds is 5. The third-order valence-corrected chi connectivity index (χ3v) is 4.43. The van der Waals surface area contributed by atoms with Crippen LogP contribution in [0.3, 0.4) is 0 Å². The number of imidazole rings is 1. The van der Waals surface area contributed by atoms with Crippen LogP contribution in [0.15, 0.2) is 43.0 Å². The van der Waals surface area contributed by atoms with Crippen LogP contribution in [0, 0.1) is 0 Å². The van der Waals surface area contributed by atoms with E-state index in [1.807, 2.05) is 12.4 Å². The van der Waals surface area contributed by atoms with E-state index in [2.05, 4.69) is 55.8 Å². The molecule has 0 saturated heterocycles. The lowest BCUT2D eigenvalue weighted by Crippen LogP contribution is -2.19. The van der Waals surface area contributed by atoms with Crippen molar-refractivity contribution in [1.82, 2.24) is 19.7 Å². The second kappa shape index (κ2) is 5.91. The summed E-state index contributed by atoms with van der Waals surface area (Å²) in [6, 6.07) is 8.89. The molecule has 23 heavy (non-hydrogen) atoms. The molecule has 4 rings (SSSR count). The molecule has 0 aliphatic carbocycles. The number of aromatic nitrogens is 4. The smallest absolute Gasteiger partial charge is 0.0923 e. The third-order valence-electron chi connectivity index (χ3n) is 4.43. The normalized spacial score (nSPS) is 13.5. The predicted octanol–water partition coefficient (Wildman–Crippen LogP) is 3.25. The fourth-order valence-electron chi connectivity index (χ4n) is 3.31. The van der Waals surface area contributed by atoms with E-state index in [1.165, 1.54) is 22.5 Å². The van der Waals surface area contributed by atoms with E-state index >= 15 is 0 Å². The summed E-state index contributed by atoms with van der Waals surface area (Å²) in [7, 11) is 0. The standard InChI is InChI=1S/C18H21N5/c1-2-8-23-17(5-7-21-23)15-4-3-14-6-9-22(18(14)10-15)12-16-11-19-13-20-16/h3-5,7,10-11,13H,2,6,8-9,12H2,1H3,(H,19,20). The lowest BCUT2D eigenvalue weighted by molar-refractivity contribution is 0.609. The molecule has 0 spiro atoms. The fourth-order valence-corrected chi connectivity index (χ4v) is 3.31. The highest BCUT2D eigenvalue weighted by Gasteiger charge is 2.20. The van der Waals surface area contributed by atoms with Gasteiger partial charge in [-0.15, -0.1) is 0 Å². The van der Waals surface area contributed by atoms with Gasteiger partial charge >= 0.3 is 0 Å². The Morgan fingerprint density at radius 2 is 2.22 bits per heavy atom. The lowest BCUT2D eigenvalue weighted by atomic mass is 10.1. The number of benzene rings is 1. The molecule has 1 aliphatic rings. The molecule has 0 saturated carbocycles. The summed E-state index contributed by atoms with van der Waals surface area (Å²) in [4.78, 5) is 9.80. The molecular formula is C18H21N5. The van der Waals surface area contributed by atoms with Crippen LogP contribution in [0.5, 0.6) is 0 Å². The van der Waals surface area contributed by atoms with Gasteiger partial charge in [0.2, 0.25) is 0 Å². The van der Waals surface area contributed by atoms with Gasteiger partial charge in [-0.1, -0.05) is 19.1 Å². The van der Waals surface area contributed by atoms with E-state index in [0.29, 0.717) is 0 Å². The zero-order valence-electron chi connectivity index (χ0n) is 13.4. The number of aromatic amines is 1. The Morgan fingerprint density at radius 3 is 3.04 bits per heavy atom. The molecule has 0 unspecified atom stereocenters. The molecule has 3 aromatic rings. The number of fused-ring (bicyclic) bond motifs is 1. The van der Waals surface area contributed by atoms with Gasteiger partial charge in [-0.3, -0.25) is 4.68 Å². The summed E-state index contributed by atoms with van der Waals surface area (Å²) in [5.41, 5.74) is 6.27. The predicted molar refractivity (Wildman–Crippen MR) is 91.3 cm³/mol. The molecule has 0 atom stereocenters. The summed E-state index contributed by atoms with van der Waals surface area (Å²) >= 11 is 0. The van der Waals surface area contributed by atoms with Crippen molar-refractivity contribution < 1.29 is 0 Å². The van der Waals surface area contributed by atoms with Crippen molar-refractivity contribution in [3.8, 4) is 11.3 Å². The minimum absolute atomic E-state index is 0.855. The van der Waals surface area contributed by atoms with E-state index in [0.717, 1.165) is 38.2 Å². The molecule has 5 nitrogen and oxygen atoms in total. The van der Waals surface area contributed by atoms with Crippen LogP contribution < -0.4 is 4.90 Å². The minimum atomic E-state index is 0.855. The molecule has 1 aromatic carbocycles.